The SMILES string of the molecule is C=CC(=C)N1CC(CCN2C(=C)C=Cc3cnc(Cc4ccc(C5CCCCC5)c(O)c4)cc32)C1.CC. The van der Waals surface area contributed by atoms with Crippen molar-refractivity contribution in [3.63, 3.8) is 0 Å². The lowest BCUT2D eigenvalue weighted by atomic mass is 9.83. The minimum Gasteiger partial charge on any atom is -0.508 e. The number of phenolic OH excluding ortho intramolecular Hbond substituents is 1. The zero-order chi connectivity index (χ0) is 26.4. The van der Waals surface area contributed by atoms with Gasteiger partial charge in [-0.2, -0.15) is 0 Å². The Balaban J connectivity index is 0.00000156. The summed E-state index contributed by atoms with van der Waals surface area (Å²) in [6.45, 7) is 19.2. The van der Waals surface area contributed by atoms with Gasteiger partial charge in [0, 0.05) is 54.9 Å². The van der Waals surface area contributed by atoms with Gasteiger partial charge in [-0.25, -0.2) is 0 Å². The molecule has 0 atom stereocenters. The molecule has 1 aromatic carbocycles. The van der Waals surface area contributed by atoms with Crippen molar-refractivity contribution in [1.29, 1.82) is 0 Å². The van der Waals surface area contributed by atoms with Crippen LogP contribution in [0, 0.1) is 5.92 Å². The van der Waals surface area contributed by atoms with Crippen LogP contribution >= 0.6 is 0 Å². The van der Waals surface area contributed by atoms with Crippen LogP contribution in [0.1, 0.15) is 80.7 Å². The second-order valence-corrected chi connectivity index (χ2v) is 10.4. The number of nitrogens with zero attached hydrogens (tertiary/aromatic N) is 3. The molecule has 0 bridgehead atoms. The normalized spacial score (nSPS) is 17.5. The maximum absolute atomic E-state index is 10.7. The van der Waals surface area contributed by atoms with E-state index in [0.717, 1.165) is 59.8 Å². The van der Waals surface area contributed by atoms with E-state index in [1.807, 2.05) is 32.2 Å². The Morgan fingerprint density at radius 3 is 2.57 bits per heavy atom. The lowest BCUT2D eigenvalue weighted by Crippen LogP contribution is -2.46. The molecule has 2 aromatic rings. The maximum Gasteiger partial charge on any atom is 0.119 e. The lowest BCUT2D eigenvalue weighted by molar-refractivity contribution is 0.143. The Hall–Kier alpha value is -3.27. The first-order valence-electron chi connectivity index (χ1n) is 14.0. The van der Waals surface area contributed by atoms with Gasteiger partial charge in [-0.05, 0) is 72.6 Å². The summed E-state index contributed by atoms with van der Waals surface area (Å²) in [7, 11) is 0. The number of hydrogen-bond acceptors (Lipinski definition) is 4. The molecule has 2 aliphatic heterocycles. The van der Waals surface area contributed by atoms with Crippen molar-refractivity contribution in [1.82, 2.24) is 9.88 Å². The van der Waals surface area contributed by atoms with Gasteiger partial charge in [-0.15, -0.1) is 0 Å². The Morgan fingerprint density at radius 2 is 1.86 bits per heavy atom. The molecule has 1 N–H and O–H groups in total. The molecule has 1 saturated carbocycles. The highest BCUT2D eigenvalue weighted by Gasteiger charge is 2.28. The van der Waals surface area contributed by atoms with E-state index in [-0.39, 0.29) is 0 Å². The fourth-order valence-corrected chi connectivity index (χ4v) is 5.75. The smallest absolute Gasteiger partial charge is 0.119 e. The van der Waals surface area contributed by atoms with Crippen LogP contribution in [0.15, 0.2) is 73.7 Å². The first kappa shape index (κ1) is 26.8. The van der Waals surface area contributed by atoms with Crippen LogP contribution in [0.3, 0.4) is 0 Å². The molecule has 196 valence electrons. The Bertz CT molecular complexity index is 1150. The van der Waals surface area contributed by atoms with E-state index in [1.165, 1.54) is 37.8 Å². The summed E-state index contributed by atoms with van der Waals surface area (Å²) in [5, 5.41) is 10.7. The largest absolute Gasteiger partial charge is 0.508 e. The van der Waals surface area contributed by atoms with Crippen LogP contribution < -0.4 is 4.90 Å². The summed E-state index contributed by atoms with van der Waals surface area (Å²) in [6, 6.07) is 8.45. The monoisotopic (exact) mass is 497 g/mol. The van der Waals surface area contributed by atoms with Gasteiger partial charge in [-0.3, -0.25) is 4.98 Å². The first-order chi connectivity index (χ1) is 18.0. The third kappa shape index (κ3) is 6.18. The molecule has 3 aliphatic rings. The topological polar surface area (TPSA) is 39.6 Å². The van der Waals surface area contributed by atoms with Crippen LogP contribution in [-0.4, -0.2) is 34.6 Å². The number of phenols is 1. The van der Waals surface area contributed by atoms with Gasteiger partial charge >= 0.3 is 0 Å². The van der Waals surface area contributed by atoms with Crippen LogP contribution in [0.4, 0.5) is 5.69 Å². The quantitative estimate of drug-likeness (QED) is 0.377. The average Bonchev–Trinajstić information content (AvgIpc) is 2.90. The second-order valence-electron chi connectivity index (χ2n) is 10.4. The summed E-state index contributed by atoms with van der Waals surface area (Å²) < 4.78 is 0. The third-order valence-electron chi connectivity index (χ3n) is 7.95. The molecule has 4 heteroatoms. The van der Waals surface area contributed by atoms with Gasteiger partial charge in [0.15, 0.2) is 0 Å². The van der Waals surface area contributed by atoms with Crippen molar-refractivity contribution in [2.24, 2.45) is 5.92 Å². The molecule has 5 rings (SSSR count). The highest BCUT2D eigenvalue weighted by molar-refractivity contribution is 5.76. The van der Waals surface area contributed by atoms with Crippen LogP contribution in [0.25, 0.3) is 6.08 Å². The number of allylic oxidation sites excluding steroid dienone is 2. The Kier molecular flexibility index (Phi) is 8.91. The molecule has 0 radical (unpaired) electrons. The molecular formula is C33H43N3O. The van der Waals surface area contributed by atoms with Crippen molar-refractivity contribution < 1.29 is 5.11 Å². The summed E-state index contributed by atoms with van der Waals surface area (Å²) in [4.78, 5) is 9.35. The Labute approximate surface area is 223 Å². The fourth-order valence-electron chi connectivity index (χ4n) is 5.75. The number of pyridine rings is 1. The van der Waals surface area contributed by atoms with E-state index in [1.54, 1.807) is 0 Å². The average molecular weight is 498 g/mol. The van der Waals surface area contributed by atoms with E-state index < -0.39 is 0 Å². The van der Waals surface area contributed by atoms with Crippen molar-refractivity contribution in [3.05, 3.63) is 96.1 Å². The number of benzene rings is 1. The van der Waals surface area contributed by atoms with Crippen molar-refractivity contribution >= 4 is 11.8 Å². The minimum atomic E-state index is 0.443. The number of rotatable bonds is 8. The van der Waals surface area contributed by atoms with Gasteiger partial charge in [0.05, 0.1) is 5.69 Å². The zero-order valence-corrected chi connectivity index (χ0v) is 22.8. The van der Waals surface area contributed by atoms with Gasteiger partial charge in [0.25, 0.3) is 0 Å². The summed E-state index contributed by atoms with van der Waals surface area (Å²) in [5.41, 5.74) is 7.58. The molecule has 4 nitrogen and oxygen atoms in total. The van der Waals surface area contributed by atoms with Crippen LogP contribution in [0.5, 0.6) is 5.75 Å². The molecule has 1 aromatic heterocycles. The van der Waals surface area contributed by atoms with E-state index in [9.17, 15) is 5.11 Å². The Morgan fingerprint density at radius 1 is 1.11 bits per heavy atom. The number of anilines is 1. The lowest BCUT2D eigenvalue weighted by Gasteiger charge is -2.42. The number of fused-ring (bicyclic) bond motifs is 1. The van der Waals surface area contributed by atoms with E-state index in [4.69, 9.17) is 4.98 Å². The minimum absolute atomic E-state index is 0.443. The zero-order valence-electron chi connectivity index (χ0n) is 22.8. The van der Waals surface area contributed by atoms with Crippen molar-refractivity contribution in [2.75, 3.05) is 24.5 Å². The molecule has 2 fully saturated rings. The van der Waals surface area contributed by atoms with E-state index in [2.05, 4.69) is 59.9 Å². The van der Waals surface area contributed by atoms with Crippen LogP contribution in [-0.2, 0) is 6.42 Å². The number of aromatic hydroxyl groups is 1. The van der Waals surface area contributed by atoms with E-state index in [0.29, 0.717) is 24.0 Å². The molecule has 0 spiro atoms. The second kappa shape index (κ2) is 12.3. The molecule has 3 heterocycles. The predicted molar refractivity (Wildman–Crippen MR) is 157 cm³/mol. The fraction of sp³-hybridized carbons (Fsp3) is 0.424. The molecular weight excluding hydrogens is 454 g/mol. The highest BCUT2D eigenvalue weighted by Crippen LogP contribution is 2.38. The summed E-state index contributed by atoms with van der Waals surface area (Å²) in [6.07, 6.45) is 16.0. The van der Waals surface area contributed by atoms with Gasteiger partial charge < -0.3 is 14.9 Å². The first-order valence-corrected chi connectivity index (χ1v) is 14.0. The summed E-state index contributed by atoms with van der Waals surface area (Å²) in [5.74, 6) is 1.61. The van der Waals surface area contributed by atoms with E-state index >= 15 is 0 Å². The maximum atomic E-state index is 10.7. The molecule has 0 unspecified atom stereocenters. The third-order valence-corrected chi connectivity index (χ3v) is 7.95. The van der Waals surface area contributed by atoms with Crippen LogP contribution in [0.2, 0.25) is 0 Å². The molecule has 37 heavy (non-hydrogen) atoms. The molecule has 1 aliphatic carbocycles. The van der Waals surface area contributed by atoms with Crippen molar-refractivity contribution in [2.45, 2.75) is 64.7 Å². The van der Waals surface area contributed by atoms with Gasteiger partial charge in [-0.1, -0.05) is 65.0 Å². The number of hydrogen-bond donors (Lipinski definition) is 1. The predicted octanol–water partition coefficient (Wildman–Crippen LogP) is 7.82. The van der Waals surface area contributed by atoms with Gasteiger partial charge in [0.1, 0.15) is 5.75 Å². The number of likely N-dealkylation sites (tertiary alicyclic amines) is 1. The summed E-state index contributed by atoms with van der Waals surface area (Å²) >= 11 is 0. The molecule has 0 amide bonds. The number of aromatic nitrogens is 1. The standard InChI is InChI=1S/C31H37N3O.C2H6/c1-4-22(2)33-20-25(21-33)14-15-34-23(3)10-12-27-19-32-28(18-30(27)34)16-24-11-13-29(31(35)17-24)26-8-6-5-7-9-26;1-2/h4,10-13,17-19,25-26,35H,1-3,5-9,14-16,20-21H2;1-2H3. The molecule has 1 saturated heterocycles. The van der Waals surface area contributed by atoms with Crippen molar-refractivity contribution in [3.8, 4) is 5.75 Å². The highest BCUT2D eigenvalue weighted by atomic mass is 16.3. The van der Waals surface area contributed by atoms with Gasteiger partial charge in [0.2, 0.25) is 0 Å².